The maximum atomic E-state index is 6.50. The van der Waals surface area contributed by atoms with E-state index in [4.69, 9.17) is 25.8 Å². The van der Waals surface area contributed by atoms with Gasteiger partial charge in [0.15, 0.2) is 6.79 Å². The molecule has 0 aliphatic heterocycles. The van der Waals surface area contributed by atoms with Crippen molar-refractivity contribution in [3.05, 3.63) is 65.7 Å². The second kappa shape index (κ2) is 8.67. The molecule has 0 fully saturated rings. The van der Waals surface area contributed by atoms with Crippen molar-refractivity contribution in [2.75, 3.05) is 27.1 Å². The fourth-order valence-corrected chi connectivity index (χ4v) is 2.17. The SMILES string of the molecule is COCCOCOc1cccc([C@@H](Cl)c2ccccc2)c1. The Morgan fingerprint density at radius 2 is 1.71 bits per heavy atom. The lowest BCUT2D eigenvalue weighted by Crippen LogP contribution is -2.07. The molecular weight excluding hydrogens is 288 g/mol. The number of rotatable bonds is 8. The average molecular weight is 307 g/mol. The van der Waals surface area contributed by atoms with Gasteiger partial charge in [-0.15, -0.1) is 11.6 Å². The van der Waals surface area contributed by atoms with Crippen LogP contribution in [0.5, 0.6) is 5.75 Å². The molecule has 2 rings (SSSR count). The minimum absolute atomic E-state index is 0.191. The normalized spacial score (nSPS) is 12.1. The maximum Gasteiger partial charge on any atom is 0.189 e. The van der Waals surface area contributed by atoms with Gasteiger partial charge in [0.1, 0.15) is 5.75 Å². The third kappa shape index (κ3) is 5.05. The summed E-state index contributed by atoms with van der Waals surface area (Å²) in [5, 5.41) is -0.191. The number of ether oxygens (including phenoxy) is 3. The van der Waals surface area contributed by atoms with Crippen LogP contribution in [-0.4, -0.2) is 27.1 Å². The lowest BCUT2D eigenvalue weighted by atomic mass is 10.0. The van der Waals surface area contributed by atoms with Crippen LogP contribution in [0.2, 0.25) is 0 Å². The summed E-state index contributed by atoms with van der Waals surface area (Å²) in [5.74, 6) is 0.742. The number of halogens is 1. The fourth-order valence-electron chi connectivity index (χ4n) is 1.89. The van der Waals surface area contributed by atoms with E-state index >= 15 is 0 Å². The van der Waals surface area contributed by atoms with E-state index in [1.54, 1.807) is 7.11 Å². The molecule has 0 unspecified atom stereocenters. The van der Waals surface area contributed by atoms with Crippen LogP contribution in [0, 0.1) is 0 Å². The van der Waals surface area contributed by atoms with Crippen LogP contribution in [0.15, 0.2) is 54.6 Å². The molecule has 4 heteroatoms. The van der Waals surface area contributed by atoms with Crippen LogP contribution < -0.4 is 4.74 Å². The first kappa shape index (κ1) is 15.8. The first-order valence-corrected chi connectivity index (χ1v) is 7.23. The van der Waals surface area contributed by atoms with Gasteiger partial charge in [0.25, 0.3) is 0 Å². The predicted octanol–water partition coefficient (Wildman–Crippen LogP) is 4.01. The molecule has 0 aromatic heterocycles. The molecule has 3 nitrogen and oxygen atoms in total. The third-order valence-corrected chi connectivity index (χ3v) is 3.49. The lowest BCUT2D eigenvalue weighted by Gasteiger charge is -2.12. The van der Waals surface area contributed by atoms with Gasteiger partial charge in [-0.3, -0.25) is 0 Å². The van der Waals surface area contributed by atoms with E-state index in [0.717, 1.165) is 16.9 Å². The van der Waals surface area contributed by atoms with Crippen LogP contribution >= 0.6 is 11.6 Å². The summed E-state index contributed by atoms with van der Waals surface area (Å²) < 4.78 is 15.7. The Labute approximate surface area is 130 Å². The molecule has 0 heterocycles. The second-order valence-corrected chi connectivity index (χ2v) is 4.95. The lowest BCUT2D eigenvalue weighted by molar-refractivity contribution is -0.00849. The molecule has 0 saturated carbocycles. The molecule has 0 aliphatic carbocycles. The summed E-state index contributed by atoms with van der Waals surface area (Å²) in [6, 6.07) is 17.7. The van der Waals surface area contributed by atoms with Gasteiger partial charge >= 0.3 is 0 Å². The molecule has 2 aromatic rings. The maximum absolute atomic E-state index is 6.50. The molecule has 0 N–H and O–H groups in total. The van der Waals surface area contributed by atoms with Crippen LogP contribution in [0.25, 0.3) is 0 Å². The van der Waals surface area contributed by atoms with Gasteiger partial charge < -0.3 is 14.2 Å². The van der Waals surface area contributed by atoms with Crippen molar-refractivity contribution >= 4 is 11.6 Å². The van der Waals surface area contributed by atoms with Gasteiger partial charge in [0.05, 0.1) is 18.6 Å². The minimum atomic E-state index is -0.191. The number of methoxy groups -OCH3 is 1. The summed E-state index contributed by atoms with van der Waals surface area (Å²) in [7, 11) is 1.64. The van der Waals surface area contributed by atoms with E-state index in [1.165, 1.54) is 0 Å². The van der Waals surface area contributed by atoms with Crippen molar-refractivity contribution in [2.24, 2.45) is 0 Å². The number of hydrogen-bond donors (Lipinski definition) is 0. The van der Waals surface area contributed by atoms with E-state index in [9.17, 15) is 0 Å². The Kier molecular flexibility index (Phi) is 6.54. The van der Waals surface area contributed by atoms with Gasteiger partial charge in [0.2, 0.25) is 0 Å². The predicted molar refractivity (Wildman–Crippen MR) is 83.9 cm³/mol. The first-order valence-electron chi connectivity index (χ1n) is 6.79. The zero-order valence-corrected chi connectivity index (χ0v) is 12.8. The fraction of sp³-hybridized carbons (Fsp3) is 0.294. The van der Waals surface area contributed by atoms with Gasteiger partial charge in [-0.1, -0.05) is 42.5 Å². The smallest absolute Gasteiger partial charge is 0.189 e. The van der Waals surface area contributed by atoms with E-state index < -0.39 is 0 Å². The van der Waals surface area contributed by atoms with E-state index in [0.29, 0.717) is 13.2 Å². The Hall–Kier alpha value is -1.55. The van der Waals surface area contributed by atoms with Gasteiger partial charge in [-0.2, -0.15) is 0 Å². The molecule has 0 aliphatic rings. The molecule has 112 valence electrons. The Morgan fingerprint density at radius 3 is 2.48 bits per heavy atom. The molecule has 0 saturated heterocycles. The minimum Gasteiger partial charge on any atom is -0.468 e. The summed E-state index contributed by atoms with van der Waals surface area (Å²) in [4.78, 5) is 0. The molecule has 0 amide bonds. The van der Waals surface area contributed by atoms with Crippen LogP contribution in [0.4, 0.5) is 0 Å². The van der Waals surface area contributed by atoms with Gasteiger partial charge in [-0.25, -0.2) is 0 Å². The van der Waals surface area contributed by atoms with Crippen molar-refractivity contribution in [3.63, 3.8) is 0 Å². The van der Waals surface area contributed by atoms with Crippen molar-refractivity contribution in [3.8, 4) is 5.75 Å². The topological polar surface area (TPSA) is 27.7 Å². The third-order valence-electron chi connectivity index (χ3n) is 2.98. The van der Waals surface area contributed by atoms with Gasteiger partial charge in [0, 0.05) is 7.11 Å². The van der Waals surface area contributed by atoms with Crippen molar-refractivity contribution in [1.82, 2.24) is 0 Å². The quantitative estimate of drug-likeness (QED) is 0.419. The molecule has 0 radical (unpaired) electrons. The zero-order chi connectivity index (χ0) is 14.9. The molecule has 2 aromatic carbocycles. The first-order chi connectivity index (χ1) is 10.3. The van der Waals surface area contributed by atoms with Crippen LogP contribution in [0.1, 0.15) is 16.5 Å². The van der Waals surface area contributed by atoms with E-state index in [2.05, 4.69) is 0 Å². The van der Waals surface area contributed by atoms with Gasteiger partial charge in [-0.05, 0) is 23.3 Å². The largest absolute Gasteiger partial charge is 0.468 e. The Morgan fingerprint density at radius 1 is 0.952 bits per heavy atom. The van der Waals surface area contributed by atoms with Crippen molar-refractivity contribution in [2.45, 2.75) is 5.38 Å². The second-order valence-electron chi connectivity index (χ2n) is 4.51. The Balaban J connectivity index is 1.94. The summed E-state index contributed by atoms with van der Waals surface area (Å²) in [6.07, 6.45) is 0. The Bertz CT molecular complexity index is 531. The monoisotopic (exact) mass is 306 g/mol. The molecule has 1 atom stereocenters. The van der Waals surface area contributed by atoms with E-state index in [-0.39, 0.29) is 12.2 Å². The summed E-state index contributed by atoms with van der Waals surface area (Å²) in [5.41, 5.74) is 2.06. The highest BCUT2D eigenvalue weighted by molar-refractivity contribution is 6.22. The summed E-state index contributed by atoms with van der Waals surface area (Å²) >= 11 is 6.50. The highest BCUT2D eigenvalue weighted by Gasteiger charge is 2.10. The number of hydrogen-bond acceptors (Lipinski definition) is 3. The number of benzene rings is 2. The molecule has 0 bridgehead atoms. The highest BCUT2D eigenvalue weighted by atomic mass is 35.5. The highest BCUT2D eigenvalue weighted by Crippen LogP contribution is 2.30. The molecule has 0 spiro atoms. The molecule has 21 heavy (non-hydrogen) atoms. The standard InChI is InChI=1S/C17H19ClO3/c1-19-10-11-20-13-21-16-9-5-8-15(12-16)17(18)14-6-3-2-4-7-14/h2-9,12,17H,10-11,13H2,1H3/t17-/m0/s1. The van der Waals surface area contributed by atoms with E-state index in [1.807, 2.05) is 54.6 Å². The van der Waals surface area contributed by atoms with Crippen molar-refractivity contribution in [1.29, 1.82) is 0 Å². The summed E-state index contributed by atoms with van der Waals surface area (Å²) in [6.45, 7) is 1.27. The zero-order valence-electron chi connectivity index (χ0n) is 12.0. The molecular formula is C17H19ClO3. The van der Waals surface area contributed by atoms with Crippen LogP contribution in [0.3, 0.4) is 0 Å². The van der Waals surface area contributed by atoms with Crippen molar-refractivity contribution < 1.29 is 14.2 Å². The van der Waals surface area contributed by atoms with Crippen LogP contribution in [-0.2, 0) is 9.47 Å². The number of alkyl halides is 1. The average Bonchev–Trinajstić information content (AvgIpc) is 2.55.